The minimum atomic E-state index is -0.312. The summed E-state index contributed by atoms with van der Waals surface area (Å²) in [6, 6.07) is 7.16. The third-order valence-electron chi connectivity index (χ3n) is 4.22. The predicted molar refractivity (Wildman–Crippen MR) is 109 cm³/mol. The Morgan fingerprint density at radius 3 is 2.22 bits per heavy atom. The summed E-state index contributed by atoms with van der Waals surface area (Å²) in [7, 11) is 1.56. The average molecular weight is 376 g/mol. The Morgan fingerprint density at radius 2 is 1.63 bits per heavy atom. The van der Waals surface area contributed by atoms with E-state index >= 15 is 0 Å². The third-order valence-corrected chi connectivity index (χ3v) is 4.22. The van der Waals surface area contributed by atoms with Crippen molar-refractivity contribution in [2.75, 3.05) is 20.4 Å². The molecule has 5 heteroatoms. The Labute approximate surface area is 163 Å². The maximum Gasteiger partial charge on any atom is 0.254 e. The highest BCUT2D eigenvalue weighted by Gasteiger charge is 2.13. The Hall–Kier alpha value is -2.14. The van der Waals surface area contributed by atoms with Crippen LogP contribution < -0.4 is 10.1 Å². The summed E-state index contributed by atoms with van der Waals surface area (Å²) in [5.74, 6) is 0.113. The lowest BCUT2D eigenvalue weighted by molar-refractivity contribution is -0.121. The molecule has 0 unspecified atom stereocenters. The maximum atomic E-state index is 12.3. The van der Waals surface area contributed by atoms with Gasteiger partial charge in [0.05, 0.1) is 5.57 Å². The summed E-state index contributed by atoms with van der Waals surface area (Å²) in [4.78, 5) is 24.2. The topological polar surface area (TPSA) is 64.6 Å². The smallest absolute Gasteiger partial charge is 0.254 e. The molecule has 1 N–H and O–H groups in total. The zero-order valence-corrected chi connectivity index (χ0v) is 16.9. The van der Waals surface area contributed by atoms with Crippen molar-refractivity contribution in [1.29, 1.82) is 0 Å². The van der Waals surface area contributed by atoms with E-state index in [0.29, 0.717) is 12.3 Å². The van der Waals surface area contributed by atoms with Crippen LogP contribution in [0.2, 0.25) is 0 Å². The highest BCUT2D eigenvalue weighted by molar-refractivity contribution is 6.21. The molecule has 0 saturated heterocycles. The number of amides is 1. The van der Waals surface area contributed by atoms with Crippen LogP contribution in [-0.4, -0.2) is 32.1 Å². The Kier molecular flexibility index (Phi) is 11.9. The summed E-state index contributed by atoms with van der Waals surface area (Å²) in [5.41, 5.74) is 0.944. The van der Waals surface area contributed by atoms with Gasteiger partial charge in [-0.25, -0.2) is 0 Å². The second-order valence-corrected chi connectivity index (χ2v) is 6.61. The number of benzene rings is 1. The van der Waals surface area contributed by atoms with Gasteiger partial charge in [-0.3, -0.25) is 9.59 Å². The van der Waals surface area contributed by atoms with E-state index < -0.39 is 0 Å². The van der Waals surface area contributed by atoms with Gasteiger partial charge in [0.15, 0.2) is 12.6 Å². The summed E-state index contributed by atoms with van der Waals surface area (Å²) in [6.45, 7) is 4.39. The van der Waals surface area contributed by atoms with E-state index in [2.05, 4.69) is 12.2 Å². The SMILES string of the molecule is CCCCCCCCCNC(=O)C(=Cc1ccc(OCOC)cc1)C(C)=O. The molecule has 1 amide bonds. The molecule has 0 bridgehead atoms. The standard InChI is InChI=1S/C22H33NO4/c1-4-5-6-7-8-9-10-15-23-22(25)21(18(2)24)16-19-11-13-20(14-12-19)27-17-26-3/h11-14,16H,4-10,15,17H2,1-3H3,(H,23,25). The molecule has 0 aromatic heterocycles. The first-order valence-corrected chi connectivity index (χ1v) is 9.81. The van der Waals surface area contributed by atoms with Crippen LogP contribution in [0.5, 0.6) is 5.75 Å². The lowest BCUT2D eigenvalue weighted by Gasteiger charge is -2.08. The fourth-order valence-electron chi connectivity index (χ4n) is 2.66. The molecule has 1 rings (SSSR count). The van der Waals surface area contributed by atoms with Crippen molar-refractivity contribution in [3.05, 3.63) is 35.4 Å². The van der Waals surface area contributed by atoms with Gasteiger partial charge in [-0.2, -0.15) is 0 Å². The molecule has 0 saturated carbocycles. The monoisotopic (exact) mass is 375 g/mol. The number of methoxy groups -OCH3 is 1. The Balaban J connectivity index is 2.48. The Bertz CT molecular complexity index is 593. The van der Waals surface area contributed by atoms with Crippen LogP contribution in [0.4, 0.5) is 0 Å². The molecule has 0 atom stereocenters. The normalized spacial score (nSPS) is 11.3. The lowest BCUT2D eigenvalue weighted by atomic mass is 10.1. The molecule has 27 heavy (non-hydrogen) atoms. The molecule has 1 aromatic rings. The number of rotatable bonds is 14. The molecule has 0 spiro atoms. The fourth-order valence-corrected chi connectivity index (χ4v) is 2.66. The van der Waals surface area contributed by atoms with Crippen LogP contribution in [0.3, 0.4) is 0 Å². The second-order valence-electron chi connectivity index (χ2n) is 6.61. The van der Waals surface area contributed by atoms with Crippen LogP contribution in [0.25, 0.3) is 6.08 Å². The van der Waals surface area contributed by atoms with E-state index in [1.54, 1.807) is 37.5 Å². The van der Waals surface area contributed by atoms with Gasteiger partial charge in [-0.05, 0) is 37.1 Å². The summed E-state index contributed by atoms with van der Waals surface area (Å²) in [6.07, 6.45) is 9.94. The van der Waals surface area contributed by atoms with Crippen LogP contribution in [0.15, 0.2) is 29.8 Å². The van der Waals surface area contributed by atoms with Gasteiger partial charge in [-0.15, -0.1) is 0 Å². The number of ketones is 1. The van der Waals surface area contributed by atoms with E-state index in [1.807, 2.05) is 0 Å². The minimum absolute atomic E-state index is 0.170. The molecule has 0 aliphatic rings. The van der Waals surface area contributed by atoms with Crippen LogP contribution >= 0.6 is 0 Å². The third kappa shape index (κ3) is 9.94. The van der Waals surface area contributed by atoms with E-state index in [4.69, 9.17) is 9.47 Å². The minimum Gasteiger partial charge on any atom is -0.468 e. The van der Waals surface area contributed by atoms with Gasteiger partial charge in [0.2, 0.25) is 0 Å². The molecule has 0 fully saturated rings. The maximum absolute atomic E-state index is 12.3. The van der Waals surface area contributed by atoms with Gasteiger partial charge in [0.25, 0.3) is 5.91 Å². The number of unbranched alkanes of at least 4 members (excludes halogenated alkanes) is 6. The van der Waals surface area contributed by atoms with Gasteiger partial charge < -0.3 is 14.8 Å². The zero-order valence-electron chi connectivity index (χ0n) is 16.9. The van der Waals surface area contributed by atoms with Gasteiger partial charge >= 0.3 is 0 Å². The highest BCUT2D eigenvalue weighted by atomic mass is 16.7. The molecule has 5 nitrogen and oxygen atoms in total. The van der Waals surface area contributed by atoms with E-state index in [1.165, 1.54) is 39.0 Å². The van der Waals surface area contributed by atoms with Gasteiger partial charge in [0.1, 0.15) is 5.75 Å². The number of hydrogen-bond acceptors (Lipinski definition) is 4. The zero-order chi connectivity index (χ0) is 19.9. The van der Waals surface area contributed by atoms with Crippen LogP contribution in [0.1, 0.15) is 64.4 Å². The van der Waals surface area contributed by atoms with Crippen molar-refractivity contribution in [2.24, 2.45) is 0 Å². The first-order chi connectivity index (χ1) is 13.1. The first kappa shape index (κ1) is 22.9. The quantitative estimate of drug-likeness (QED) is 0.171. The fraction of sp³-hybridized carbons (Fsp3) is 0.545. The predicted octanol–water partition coefficient (Wildman–Crippen LogP) is 4.51. The molecule has 0 heterocycles. The number of ether oxygens (including phenoxy) is 2. The van der Waals surface area contributed by atoms with Crippen LogP contribution in [-0.2, 0) is 14.3 Å². The van der Waals surface area contributed by atoms with E-state index in [-0.39, 0.29) is 24.1 Å². The van der Waals surface area contributed by atoms with Gasteiger partial charge in [0, 0.05) is 13.7 Å². The van der Waals surface area contributed by atoms with Crippen molar-refractivity contribution in [3.63, 3.8) is 0 Å². The van der Waals surface area contributed by atoms with Crippen molar-refractivity contribution in [2.45, 2.75) is 58.8 Å². The largest absolute Gasteiger partial charge is 0.468 e. The van der Waals surface area contributed by atoms with Crippen molar-refractivity contribution < 1.29 is 19.1 Å². The van der Waals surface area contributed by atoms with Gasteiger partial charge in [-0.1, -0.05) is 57.6 Å². The highest BCUT2D eigenvalue weighted by Crippen LogP contribution is 2.15. The summed E-state index contributed by atoms with van der Waals surface area (Å²) < 4.78 is 10.2. The van der Waals surface area contributed by atoms with Crippen molar-refractivity contribution in [3.8, 4) is 5.75 Å². The van der Waals surface area contributed by atoms with Crippen LogP contribution in [0, 0.1) is 0 Å². The number of hydrogen-bond donors (Lipinski definition) is 1. The summed E-state index contributed by atoms with van der Waals surface area (Å²) >= 11 is 0. The molecule has 0 aliphatic carbocycles. The number of carbonyl (C=O) groups excluding carboxylic acids is 2. The number of carbonyl (C=O) groups is 2. The Morgan fingerprint density at radius 1 is 1.00 bits per heavy atom. The number of nitrogens with one attached hydrogen (secondary N) is 1. The summed E-state index contributed by atoms with van der Waals surface area (Å²) in [5, 5.41) is 2.86. The number of Topliss-reactive ketones (excluding diaryl/α,β-unsaturated/α-hetero) is 1. The first-order valence-electron chi connectivity index (χ1n) is 9.81. The van der Waals surface area contributed by atoms with Crippen molar-refractivity contribution in [1.82, 2.24) is 5.32 Å². The molecule has 0 aliphatic heterocycles. The van der Waals surface area contributed by atoms with E-state index in [9.17, 15) is 9.59 Å². The average Bonchev–Trinajstić information content (AvgIpc) is 2.67. The molecular formula is C22H33NO4. The molecule has 150 valence electrons. The second kappa shape index (κ2) is 14.0. The molecule has 1 aromatic carbocycles. The lowest BCUT2D eigenvalue weighted by Crippen LogP contribution is -2.28. The molecule has 0 radical (unpaired) electrons. The van der Waals surface area contributed by atoms with Crippen molar-refractivity contribution >= 4 is 17.8 Å². The van der Waals surface area contributed by atoms with E-state index in [0.717, 1.165) is 18.4 Å². The molecular weight excluding hydrogens is 342 g/mol.